The third-order valence-corrected chi connectivity index (χ3v) is 4.17. The lowest BCUT2D eigenvalue weighted by Gasteiger charge is -2.12. The zero-order valence-corrected chi connectivity index (χ0v) is 17.4. The van der Waals surface area contributed by atoms with Crippen LogP contribution in [0.1, 0.15) is 23.7 Å². The normalized spacial score (nSPS) is 10.0. The molecule has 1 amide bonds. The molecule has 0 atom stereocenters. The lowest BCUT2D eigenvalue weighted by atomic mass is 10.2. The minimum absolute atomic E-state index is 0.198. The van der Waals surface area contributed by atoms with Crippen LogP contribution >= 0.6 is 28.1 Å². The molecule has 0 saturated heterocycles. The first-order valence-corrected chi connectivity index (χ1v) is 9.62. The van der Waals surface area contributed by atoms with Gasteiger partial charge in [-0.2, -0.15) is 0 Å². The molecule has 0 aromatic heterocycles. The molecule has 0 unspecified atom stereocenters. The van der Waals surface area contributed by atoms with Crippen molar-refractivity contribution in [2.75, 3.05) is 18.5 Å². The zero-order valence-electron chi connectivity index (χ0n) is 15.0. The number of hydrogen-bond acceptors (Lipinski definition) is 4. The highest BCUT2D eigenvalue weighted by molar-refractivity contribution is 9.10. The molecular weight excluding hydrogens is 428 g/mol. The third-order valence-electron chi connectivity index (χ3n) is 3.34. The monoisotopic (exact) mass is 448 g/mol. The van der Waals surface area contributed by atoms with Gasteiger partial charge in [0, 0.05) is 17.3 Å². The highest BCUT2D eigenvalue weighted by Gasteiger charge is 2.11. The molecule has 0 bridgehead atoms. The van der Waals surface area contributed by atoms with Crippen LogP contribution in [0.25, 0.3) is 0 Å². The Morgan fingerprint density at radius 1 is 1.26 bits per heavy atom. The van der Waals surface area contributed by atoms with Gasteiger partial charge in [-0.05, 0) is 64.9 Å². The van der Waals surface area contributed by atoms with Gasteiger partial charge in [0.25, 0.3) is 5.91 Å². The maximum absolute atomic E-state index is 12.4. The van der Waals surface area contributed by atoms with Crippen LogP contribution in [0.3, 0.4) is 0 Å². The smallest absolute Gasteiger partial charge is 0.257 e. The quantitative estimate of drug-likeness (QED) is 0.442. The fourth-order valence-electron chi connectivity index (χ4n) is 2.13. The van der Waals surface area contributed by atoms with Crippen LogP contribution in [0.4, 0.5) is 5.69 Å². The maximum atomic E-state index is 12.4. The second kappa shape index (κ2) is 10.7. The Morgan fingerprint density at radius 2 is 2.07 bits per heavy atom. The molecule has 0 radical (unpaired) electrons. The minimum Gasteiger partial charge on any atom is -0.492 e. The van der Waals surface area contributed by atoms with E-state index in [4.69, 9.17) is 21.7 Å². The number of carbonyl (C=O) groups is 1. The standard InChI is InChI=1S/C20H21BrN2O3S/c1-3-10-25-16-7-5-6-15(13-16)22-20(27)23-19(24)14-8-9-18(17(21)12-14)26-11-4-2/h3,5-9,12-13H,1,4,10-11H2,2H3,(H2,22,23,24,27). The van der Waals surface area contributed by atoms with Crippen LogP contribution < -0.4 is 20.1 Å². The Balaban J connectivity index is 1.96. The van der Waals surface area contributed by atoms with E-state index < -0.39 is 0 Å². The zero-order chi connectivity index (χ0) is 19.6. The van der Waals surface area contributed by atoms with E-state index in [0.717, 1.165) is 10.9 Å². The Kier molecular flexibility index (Phi) is 8.29. The first kappa shape index (κ1) is 20.9. The van der Waals surface area contributed by atoms with Gasteiger partial charge in [0.1, 0.15) is 18.1 Å². The molecular formula is C20H21BrN2O3S. The molecule has 5 nitrogen and oxygen atoms in total. The number of anilines is 1. The second-order valence-electron chi connectivity index (χ2n) is 5.53. The summed E-state index contributed by atoms with van der Waals surface area (Å²) in [4.78, 5) is 12.4. The van der Waals surface area contributed by atoms with Crippen molar-refractivity contribution in [1.29, 1.82) is 0 Å². The van der Waals surface area contributed by atoms with Crippen molar-refractivity contribution in [3.63, 3.8) is 0 Å². The Hall–Kier alpha value is -2.38. The molecule has 2 rings (SSSR count). The van der Waals surface area contributed by atoms with Crippen molar-refractivity contribution in [2.24, 2.45) is 0 Å². The topological polar surface area (TPSA) is 59.6 Å². The van der Waals surface area contributed by atoms with Gasteiger partial charge < -0.3 is 14.8 Å². The van der Waals surface area contributed by atoms with Crippen LogP contribution in [-0.2, 0) is 0 Å². The molecule has 0 aliphatic carbocycles. The molecule has 0 aliphatic heterocycles. The summed E-state index contributed by atoms with van der Waals surface area (Å²) in [5.41, 5.74) is 1.18. The molecule has 0 saturated carbocycles. The Morgan fingerprint density at radius 3 is 2.78 bits per heavy atom. The molecule has 0 fully saturated rings. The van der Waals surface area contributed by atoms with E-state index in [1.807, 2.05) is 25.1 Å². The van der Waals surface area contributed by atoms with Crippen molar-refractivity contribution < 1.29 is 14.3 Å². The molecule has 2 N–H and O–H groups in total. The summed E-state index contributed by atoms with van der Waals surface area (Å²) in [6, 6.07) is 12.4. The van der Waals surface area contributed by atoms with E-state index in [-0.39, 0.29) is 11.0 Å². The van der Waals surface area contributed by atoms with Gasteiger partial charge in [-0.3, -0.25) is 10.1 Å². The molecule has 2 aromatic rings. The van der Waals surface area contributed by atoms with Gasteiger partial charge in [0.05, 0.1) is 11.1 Å². The Labute approximate surface area is 172 Å². The van der Waals surface area contributed by atoms with Crippen molar-refractivity contribution in [2.45, 2.75) is 13.3 Å². The van der Waals surface area contributed by atoms with Crippen LogP contribution in [-0.4, -0.2) is 24.2 Å². The van der Waals surface area contributed by atoms with Gasteiger partial charge in [0.2, 0.25) is 0 Å². The van der Waals surface area contributed by atoms with Gasteiger partial charge in [-0.25, -0.2) is 0 Å². The summed E-state index contributed by atoms with van der Waals surface area (Å²) in [6.07, 6.45) is 2.58. The average molecular weight is 449 g/mol. The van der Waals surface area contributed by atoms with Crippen molar-refractivity contribution in [3.8, 4) is 11.5 Å². The van der Waals surface area contributed by atoms with E-state index in [1.54, 1.807) is 30.3 Å². The van der Waals surface area contributed by atoms with E-state index in [0.29, 0.717) is 36.0 Å². The number of halogens is 1. The van der Waals surface area contributed by atoms with Crippen molar-refractivity contribution in [3.05, 3.63) is 65.2 Å². The largest absolute Gasteiger partial charge is 0.492 e. The Bertz CT molecular complexity index is 827. The van der Waals surface area contributed by atoms with Crippen LogP contribution in [0.5, 0.6) is 11.5 Å². The second-order valence-corrected chi connectivity index (χ2v) is 6.79. The number of hydrogen-bond donors (Lipinski definition) is 2. The van der Waals surface area contributed by atoms with Crippen LogP contribution in [0.2, 0.25) is 0 Å². The number of thiocarbonyl (C=S) groups is 1. The summed E-state index contributed by atoms with van der Waals surface area (Å²) >= 11 is 8.64. The maximum Gasteiger partial charge on any atom is 0.257 e. The summed E-state index contributed by atoms with van der Waals surface area (Å²) in [5.74, 6) is 1.07. The van der Waals surface area contributed by atoms with E-state index in [2.05, 4.69) is 33.1 Å². The number of rotatable bonds is 8. The fourth-order valence-corrected chi connectivity index (χ4v) is 2.83. The highest BCUT2D eigenvalue weighted by atomic mass is 79.9. The number of amides is 1. The van der Waals surface area contributed by atoms with Gasteiger partial charge in [0.15, 0.2) is 5.11 Å². The molecule has 0 heterocycles. The summed E-state index contributed by atoms with van der Waals surface area (Å²) < 4.78 is 11.8. The van der Waals surface area contributed by atoms with Gasteiger partial charge in [-0.1, -0.05) is 25.6 Å². The molecule has 27 heavy (non-hydrogen) atoms. The number of carbonyl (C=O) groups excluding carboxylic acids is 1. The van der Waals surface area contributed by atoms with Crippen LogP contribution in [0, 0.1) is 0 Å². The molecule has 0 aliphatic rings. The van der Waals surface area contributed by atoms with E-state index in [9.17, 15) is 4.79 Å². The minimum atomic E-state index is -0.311. The average Bonchev–Trinajstić information content (AvgIpc) is 2.65. The van der Waals surface area contributed by atoms with Gasteiger partial charge >= 0.3 is 0 Å². The third kappa shape index (κ3) is 6.69. The molecule has 142 valence electrons. The van der Waals surface area contributed by atoms with Crippen molar-refractivity contribution >= 4 is 44.9 Å². The molecule has 2 aromatic carbocycles. The number of nitrogens with one attached hydrogen (secondary N) is 2. The highest BCUT2D eigenvalue weighted by Crippen LogP contribution is 2.26. The lowest BCUT2D eigenvalue weighted by molar-refractivity contribution is 0.0977. The number of ether oxygens (including phenoxy) is 2. The van der Waals surface area contributed by atoms with E-state index >= 15 is 0 Å². The predicted molar refractivity (Wildman–Crippen MR) is 116 cm³/mol. The first-order valence-electron chi connectivity index (χ1n) is 8.42. The lowest BCUT2D eigenvalue weighted by Crippen LogP contribution is -2.34. The van der Waals surface area contributed by atoms with Crippen LogP contribution in [0.15, 0.2) is 59.6 Å². The predicted octanol–water partition coefficient (Wildman–Crippen LogP) is 4.93. The molecule has 0 spiro atoms. The number of benzene rings is 2. The summed E-state index contributed by atoms with van der Waals surface area (Å²) in [7, 11) is 0. The fraction of sp³-hybridized carbons (Fsp3) is 0.200. The SMILES string of the molecule is C=CCOc1cccc(NC(=S)NC(=O)c2ccc(OCCC)c(Br)c2)c1. The van der Waals surface area contributed by atoms with Crippen molar-refractivity contribution in [1.82, 2.24) is 5.32 Å². The first-order chi connectivity index (χ1) is 13.0. The van der Waals surface area contributed by atoms with E-state index in [1.165, 1.54) is 0 Å². The molecule has 7 heteroatoms. The summed E-state index contributed by atoms with van der Waals surface area (Å²) in [5, 5.41) is 5.83. The summed E-state index contributed by atoms with van der Waals surface area (Å²) in [6.45, 7) is 6.68. The van der Waals surface area contributed by atoms with Gasteiger partial charge in [-0.15, -0.1) is 0 Å².